The highest BCUT2D eigenvalue weighted by molar-refractivity contribution is 7.20. The van der Waals surface area contributed by atoms with Gasteiger partial charge in [-0.25, -0.2) is 9.78 Å². The van der Waals surface area contributed by atoms with E-state index < -0.39 is 6.09 Å². The molecule has 1 aliphatic rings. The van der Waals surface area contributed by atoms with Gasteiger partial charge < -0.3 is 10.1 Å². The molecule has 1 fully saturated rings. The number of halogens is 1. The SMILES string of the molecule is CCOC(=O)Nc1sc(NC(=O)C2CC2c2ccc(Cl)cc2)nc1-c1ccccc1. The topological polar surface area (TPSA) is 80.3 Å². The first kappa shape index (κ1) is 20.4. The van der Waals surface area contributed by atoms with Crippen LogP contribution >= 0.6 is 22.9 Å². The average Bonchev–Trinajstić information content (AvgIpc) is 3.45. The van der Waals surface area contributed by atoms with Gasteiger partial charge in [0.15, 0.2) is 5.13 Å². The summed E-state index contributed by atoms with van der Waals surface area (Å²) in [5.41, 5.74) is 2.54. The predicted molar refractivity (Wildman–Crippen MR) is 119 cm³/mol. The lowest BCUT2D eigenvalue weighted by atomic mass is 10.1. The molecule has 2 N–H and O–H groups in total. The van der Waals surface area contributed by atoms with Crippen molar-refractivity contribution in [1.29, 1.82) is 0 Å². The standard InChI is InChI=1S/C22H20ClN3O3S/c1-2-29-22(28)26-20-18(14-6-4-3-5-7-14)24-21(30-20)25-19(27)17-12-16(17)13-8-10-15(23)11-9-13/h3-11,16-17H,2,12H2,1H3,(H,26,28)(H,24,25,27). The minimum absolute atomic E-state index is 0.0778. The van der Waals surface area contributed by atoms with Crippen LogP contribution in [-0.4, -0.2) is 23.6 Å². The molecule has 0 spiro atoms. The summed E-state index contributed by atoms with van der Waals surface area (Å²) in [6.45, 7) is 2.01. The third kappa shape index (κ3) is 4.63. The Bertz CT molecular complexity index is 1050. The molecule has 1 aliphatic carbocycles. The Morgan fingerprint density at radius 3 is 2.57 bits per heavy atom. The Morgan fingerprint density at radius 2 is 1.87 bits per heavy atom. The van der Waals surface area contributed by atoms with Crippen LogP contribution in [-0.2, 0) is 9.53 Å². The number of carbonyl (C=O) groups is 2. The van der Waals surface area contributed by atoms with Crippen molar-refractivity contribution in [3.05, 3.63) is 65.2 Å². The highest BCUT2D eigenvalue weighted by atomic mass is 35.5. The number of ether oxygens (including phenoxy) is 1. The summed E-state index contributed by atoms with van der Waals surface area (Å²) in [5, 5.41) is 7.26. The number of nitrogens with zero attached hydrogens (tertiary/aromatic N) is 1. The molecule has 0 bridgehead atoms. The van der Waals surface area contributed by atoms with E-state index in [9.17, 15) is 9.59 Å². The van der Waals surface area contributed by atoms with Crippen LogP contribution in [0.5, 0.6) is 0 Å². The summed E-state index contributed by atoms with van der Waals surface area (Å²) in [6, 6.07) is 17.1. The summed E-state index contributed by atoms with van der Waals surface area (Å²) in [6.07, 6.45) is 0.236. The van der Waals surface area contributed by atoms with Crippen LogP contribution in [0.15, 0.2) is 54.6 Å². The van der Waals surface area contributed by atoms with E-state index in [1.807, 2.05) is 54.6 Å². The molecular weight excluding hydrogens is 422 g/mol. The summed E-state index contributed by atoms with van der Waals surface area (Å²) in [7, 11) is 0. The molecule has 2 amide bonds. The second-order valence-electron chi connectivity index (χ2n) is 6.90. The van der Waals surface area contributed by atoms with E-state index in [4.69, 9.17) is 16.3 Å². The second kappa shape index (κ2) is 8.85. The van der Waals surface area contributed by atoms with Crippen LogP contribution in [0, 0.1) is 5.92 Å². The number of amides is 2. The van der Waals surface area contributed by atoms with Crippen molar-refractivity contribution in [2.24, 2.45) is 5.92 Å². The smallest absolute Gasteiger partial charge is 0.412 e. The average molecular weight is 442 g/mol. The van der Waals surface area contributed by atoms with Crippen LogP contribution in [0.25, 0.3) is 11.3 Å². The maximum absolute atomic E-state index is 12.7. The summed E-state index contributed by atoms with van der Waals surface area (Å²) >= 11 is 7.15. The van der Waals surface area contributed by atoms with E-state index in [-0.39, 0.29) is 24.3 Å². The molecule has 0 aliphatic heterocycles. The fourth-order valence-corrected chi connectivity index (χ4v) is 4.27. The molecule has 0 saturated heterocycles. The lowest BCUT2D eigenvalue weighted by Gasteiger charge is -2.04. The van der Waals surface area contributed by atoms with Gasteiger partial charge in [0, 0.05) is 16.5 Å². The van der Waals surface area contributed by atoms with E-state index in [2.05, 4.69) is 15.6 Å². The Kier molecular flexibility index (Phi) is 6.01. The fraction of sp³-hybridized carbons (Fsp3) is 0.227. The minimum atomic E-state index is -0.554. The van der Waals surface area contributed by atoms with E-state index in [1.54, 1.807) is 6.92 Å². The Labute approximate surface area is 183 Å². The number of nitrogens with one attached hydrogen (secondary N) is 2. The molecular formula is C22H20ClN3O3S. The second-order valence-corrected chi connectivity index (χ2v) is 8.33. The lowest BCUT2D eigenvalue weighted by molar-refractivity contribution is -0.117. The van der Waals surface area contributed by atoms with Gasteiger partial charge in [-0.3, -0.25) is 10.1 Å². The van der Waals surface area contributed by atoms with Crippen molar-refractivity contribution in [1.82, 2.24) is 4.98 Å². The van der Waals surface area contributed by atoms with Crippen LogP contribution in [0.1, 0.15) is 24.8 Å². The number of benzene rings is 2. The van der Waals surface area contributed by atoms with Crippen molar-refractivity contribution >= 4 is 45.1 Å². The quantitative estimate of drug-likeness (QED) is 0.508. The van der Waals surface area contributed by atoms with Gasteiger partial charge in [-0.2, -0.15) is 0 Å². The number of anilines is 2. The zero-order valence-corrected chi connectivity index (χ0v) is 17.8. The number of hydrogen-bond acceptors (Lipinski definition) is 5. The van der Waals surface area contributed by atoms with Crippen LogP contribution in [0.3, 0.4) is 0 Å². The van der Waals surface area contributed by atoms with E-state index in [0.717, 1.165) is 17.5 Å². The maximum Gasteiger partial charge on any atom is 0.412 e. The number of thiazole rings is 1. The minimum Gasteiger partial charge on any atom is -0.450 e. The van der Waals surface area contributed by atoms with Gasteiger partial charge in [0.25, 0.3) is 0 Å². The van der Waals surface area contributed by atoms with E-state index >= 15 is 0 Å². The first-order valence-corrected chi connectivity index (χ1v) is 10.8. The molecule has 154 valence electrons. The molecule has 8 heteroatoms. The normalized spacial score (nSPS) is 17.3. The summed E-state index contributed by atoms with van der Waals surface area (Å²) in [4.78, 5) is 29.2. The highest BCUT2D eigenvalue weighted by Crippen LogP contribution is 2.48. The molecule has 1 saturated carbocycles. The molecule has 1 heterocycles. The van der Waals surface area contributed by atoms with Crippen molar-refractivity contribution in [2.75, 3.05) is 17.2 Å². The number of aromatic nitrogens is 1. The third-order valence-corrected chi connectivity index (χ3v) is 5.96. The molecule has 30 heavy (non-hydrogen) atoms. The van der Waals surface area contributed by atoms with Crippen molar-refractivity contribution in [3.8, 4) is 11.3 Å². The first-order chi connectivity index (χ1) is 14.5. The largest absolute Gasteiger partial charge is 0.450 e. The number of carbonyl (C=O) groups excluding carboxylic acids is 2. The van der Waals surface area contributed by atoms with Gasteiger partial charge in [-0.1, -0.05) is 65.4 Å². The van der Waals surface area contributed by atoms with Gasteiger partial charge in [0.05, 0.1) is 6.61 Å². The first-order valence-electron chi connectivity index (χ1n) is 9.61. The monoisotopic (exact) mass is 441 g/mol. The zero-order valence-electron chi connectivity index (χ0n) is 16.2. The van der Waals surface area contributed by atoms with Gasteiger partial charge in [0.2, 0.25) is 5.91 Å². The Morgan fingerprint density at radius 1 is 1.13 bits per heavy atom. The summed E-state index contributed by atoms with van der Waals surface area (Å²) < 4.78 is 4.98. The molecule has 6 nitrogen and oxygen atoms in total. The molecule has 2 aromatic carbocycles. The molecule has 1 aromatic heterocycles. The third-order valence-electron chi connectivity index (χ3n) is 4.82. The summed E-state index contributed by atoms with van der Waals surface area (Å²) in [5.74, 6) is 0.00987. The van der Waals surface area contributed by atoms with Crippen LogP contribution in [0.2, 0.25) is 5.02 Å². The van der Waals surface area contributed by atoms with E-state index in [1.165, 1.54) is 11.3 Å². The molecule has 3 aromatic rings. The van der Waals surface area contributed by atoms with Gasteiger partial charge in [-0.15, -0.1) is 0 Å². The lowest BCUT2D eigenvalue weighted by Crippen LogP contribution is -2.14. The molecule has 2 unspecified atom stereocenters. The van der Waals surface area contributed by atoms with Crippen LogP contribution < -0.4 is 10.6 Å². The van der Waals surface area contributed by atoms with Gasteiger partial charge >= 0.3 is 6.09 Å². The highest BCUT2D eigenvalue weighted by Gasteiger charge is 2.44. The van der Waals surface area contributed by atoms with Crippen molar-refractivity contribution < 1.29 is 14.3 Å². The number of hydrogen-bond donors (Lipinski definition) is 2. The number of rotatable bonds is 6. The van der Waals surface area contributed by atoms with E-state index in [0.29, 0.717) is 20.8 Å². The molecule has 4 rings (SSSR count). The van der Waals surface area contributed by atoms with Gasteiger partial charge in [0.1, 0.15) is 10.7 Å². The molecule has 2 atom stereocenters. The Balaban J connectivity index is 1.50. The Hall–Kier alpha value is -2.90. The van der Waals surface area contributed by atoms with Crippen molar-refractivity contribution in [2.45, 2.75) is 19.3 Å². The van der Waals surface area contributed by atoms with Crippen molar-refractivity contribution in [3.63, 3.8) is 0 Å². The fourth-order valence-electron chi connectivity index (χ4n) is 3.27. The van der Waals surface area contributed by atoms with Crippen LogP contribution in [0.4, 0.5) is 14.9 Å². The predicted octanol–water partition coefficient (Wildman–Crippen LogP) is 5.77. The zero-order chi connectivity index (χ0) is 21.1. The molecule has 0 radical (unpaired) electrons. The van der Waals surface area contributed by atoms with Gasteiger partial charge in [-0.05, 0) is 37.0 Å². The maximum atomic E-state index is 12.7.